The van der Waals surface area contributed by atoms with Crippen LogP contribution in [-0.4, -0.2) is 44.0 Å². The fraction of sp³-hybridized carbons (Fsp3) is 0.308. The van der Waals surface area contributed by atoms with E-state index in [2.05, 4.69) is 4.98 Å². The first kappa shape index (κ1) is 14.3. The zero-order valence-corrected chi connectivity index (χ0v) is 12.8. The van der Waals surface area contributed by atoms with Gasteiger partial charge in [-0.05, 0) is 18.6 Å². The van der Waals surface area contributed by atoms with Crippen molar-refractivity contribution in [3.8, 4) is 0 Å². The molecule has 1 aromatic heterocycles. The molecule has 0 spiro atoms. The molecule has 1 fully saturated rings. The van der Waals surface area contributed by atoms with Gasteiger partial charge in [0.05, 0.1) is 11.2 Å². The molecule has 110 valence electrons. The van der Waals surface area contributed by atoms with Gasteiger partial charge in [0.2, 0.25) is 5.91 Å². The van der Waals surface area contributed by atoms with Crippen LogP contribution in [0, 0.1) is 6.92 Å². The van der Waals surface area contributed by atoms with Crippen LogP contribution < -0.4 is 5.73 Å². The Morgan fingerprint density at radius 2 is 2.33 bits per heavy atom. The van der Waals surface area contributed by atoms with E-state index in [1.165, 1.54) is 28.0 Å². The lowest BCUT2D eigenvalue weighted by Crippen LogP contribution is -2.68. The van der Waals surface area contributed by atoms with Crippen molar-refractivity contribution >= 4 is 41.1 Å². The SMILES string of the molecule is Cc1ncsc1/C=C\C1=C(C(=O)O)N2C(=O)[C@@H](N)C2SC1. The molecule has 0 bridgehead atoms. The molecule has 8 heteroatoms. The van der Waals surface area contributed by atoms with E-state index in [-0.39, 0.29) is 17.0 Å². The smallest absolute Gasteiger partial charge is 0.352 e. The van der Waals surface area contributed by atoms with Gasteiger partial charge in [0, 0.05) is 10.6 Å². The molecule has 3 heterocycles. The van der Waals surface area contributed by atoms with Gasteiger partial charge in [0.15, 0.2) is 0 Å². The van der Waals surface area contributed by atoms with Crippen LogP contribution in [0.15, 0.2) is 22.9 Å². The Labute approximate surface area is 129 Å². The lowest BCUT2D eigenvalue weighted by molar-refractivity contribution is -0.147. The average molecular weight is 323 g/mol. The van der Waals surface area contributed by atoms with E-state index in [9.17, 15) is 14.7 Å². The Balaban J connectivity index is 1.95. The van der Waals surface area contributed by atoms with E-state index in [1.807, 2.05) is 13.0 Å². The number of thioether (sulfide) groups is 1. The number of thiazole rings is 1. The zero-order chi connectivity index (χ0) is 15.1. The first-order valence-corrected chi connectivity index (χ1v) is 8.18. The van der Waals surface area contributed by atoms with Gasteiger partial charge in [-0.15, -0.1) is 23.1 Å². The summed E-state index contributed by atoms with van der Waals surface area (Å²) in [6.45, 7) is 1.90. The largest absolute Gasteiger partial charge is 0.477 e. The van der Waals surface area contributed by atoms with Crippen LogP contribution in [0.3, 0.4) is 0 Å². The molecule has 3 rings (SSSR count). The van der Waals surface area contributed by atoms with Crippen LogP contribution in [0.2, 0.25) is 0 Å². The maximum atomic E-state index is 11.8. The number of nitrogens with two attached hydrogens (primary N) is 1. The summed E-state index contributed by atoms with van der Waals surface area (Å²) >= 11 is 2.98. The number of aromatic nitrogens is 1. The number of carboxylic acid groups (broad SMARTS) is 1. The summed E-state index contributed by atoms with van der Waals surface area (Å²) in [5.74, 6) is -0.899. The Bertz CT molecular complexity index is 680. The highest BCUT2D eigenvalue weighted by Crippen LogP contribution is 2.39. The first-order valence-electron chi connectivity index (χ1n) is 6.25. The van der Waals surface area contributed by atoms with E-state index in [0.29, 0.717) is 11.3 Å². The van der Waals surface area contributed by atoms with Crippen LogP contribution in [-0.2, 0) is 9.59 Å². The lowest BCUT2D eigenvalue weighted by Gasteiger charge is -2.47. The number of hydrogen-bond donors (Lipinski definition) is 2. The van der Waals surface area contributed by atoms with Crippen molar-refractivity contribution in [3.05, 3.63) is 33.4 Å². The van der Waals surface area contributed by atoms with Gasteiger partial charge < -0.3 is 10.8 Å². The summed E-state index contributed by atoms with van der Waals surface area (Å²) in [6.07, 6.45) is 3.60. The molecule has 2 aliphatic rings. The monoisotopic (exact) mass is 323 g/mol. The third-order valence-electron chi connectivity index (χ3n) is 3.46. The number of rotatable bonds is 3. The number of aliphatic carboxylic acids is 1. The van der Waals surface area contributed by atoms with Gasteiger partial charge in [-0.3, -0.25) is 9.69 Å². The van der Waals surface area contributed by atoms with Gasteiger partial charge in [-0.25, -0.2) is 9.78 Å². The standard InChI is InChI=1S/C13H13N3O3S2/c1-6-8(21-5-15-6)3-2-7-4-20-12-9(14)11(17)16(12)10(7)13(18)19/h2-3,5,9,12H,4,14H2,1H3,(H,18,19)/b3-2-/t9-,12?/m1/s1. The highest BCUT2D eigenvalue weighted by Gasteiger charge is 2.51. The molecule has 0 radical (unpaired) electrons. The van der Waals surface area contributed by atoms with Gasteiger partial charge in [0.1, 0.15) is 17.1 Å². The van der Waals surface area contributed by atoms with Crippen molar-refractivity contribution in [2.24, 2.45) is 5.73 Å². The van der Waals surface area contributed by atoms with Crippen LogP contribution in [0.1, 0.15) is 10.6 Å². The zero-order valence-electron chi connectivity index (χ0n) is 11.1. The second kappa shape index (κ2) is 5.28. The van der Waals surface area contributed by atoms with E-state index < -0.39 is 12.0 Å². The second-order valence-electron chi connectivity index (χ2n) is 4.75. The van der Waals surface area contributed by atoms with Gasteiger partial charge in [-0.2, -0.15) is 0 Å². The van der Waals surface area contributed by atoms with Crippen LogP contribution in [0.5, 0.6) is 0 Å². The van der Waals surface area contributed by atoms with Gasteiger partial charge >= 0.3 is 5.97 Å². The number of carbonyl (C=O) groups is 2. The second-order valence-corrected chi connectivity index (χ2v) is 6.74. The lowest BCUT2D eigenvalue weighted by atomic mass is 10.0. The fourth-order valence-electron chi connectivity index (χ4n) is 2.32. The van der Waals surface area contributed by atoms with E-state index in [0.717, 1.165) is 10.6 Å². The quantitative estimate of drug-likeness (QED) is 0.807. The topological polar surface area (TPSA) is 96.5 Å². The Kier molecular flexibility index (Phi) is 3.60. The van der Waals surface area contributed by atoms with Crippen molar-refractivity contribution in [2.75, 3.05) is 5.75 Å². The molecule has 1 amide bonds. The summed E-state index contributed by atoms with van der Waals surface area (Å²) in [4.78, 5) is 29.7. The molecule has 2 atom stereocenters. The number of allylic oxidation sites excluding steroid dienone is 1. The number of amides is 1. The molecule has 1 unspecified atom stereocenters. The van der Waals surface area contributed by atoms with Crippen molar-refractivity contribution in [1.29, 1.82) is 0 Å². The maximum absolute atomic E-state index is 11.8. The Morgan fingerprint density at radius 3 is 2.95 bits per heavy atom. The summed E-state index contributed by atoms with van der Waals surface area (Å²) in [5, 5.41) is 9.14. The van der Waals surface area contributed by atoms with E-state index in [1.54, 1.807) is 11.6 Å². The first-order chi connectivity index (χ1) is 10.0. The van der Waals surface area contributed by atoms with Crippen LogP contribution >= 0.6 is 23.1 Å². The number of carbonyl (C=O) groups excluding carboxylic acids is 1. The molecule has 6 nitrogen and oxygen atoms in total. The predicted octanol–water partition coefficient (Wildman–Crippen LogP) is 1.05. The van der Waals surface area contributed by atoms with Crippen LogP contribution in [0.4, 0.5) is 0 Å². The van der Waals surface area contributed by atoms with Gasteiger partial charge in [0.25, 0.3) is 0 Å². The average Bonchev–Trinajstić information content (AvgIpc) is 2.88. The van der Waals surface area contributed by atoms with Crippen LogP contribution in [0.25, 0.3) is 6.08 Å². The predicted molar refractivity (Wildman–Crippen MR) is 81.6 cm³/mol. The minimum absolute atomic E-state index is 0.0452. The fourth-order valence-corrected chi connectivity index (χ4v) is 4.27. The molecule has 2 aliphatic heterocycles. The summed E-state index contributed by atoms with van der Waals surface area (Å²) < 4.78 is 0. The van der Waals surface area contributed by atoms with Crippen molar-refractivity contribution in [2.45, 2.75) is 18.3 Å². The Morgan fingerprint density at radius 1 is 1.57 bits per heavy atom. The molecule has 0 saturated carbocycles. The molecular weight excluding hydrogens is 310 g/mol. The van der Waals surface area contributed by atoms with Crippen molar-refractivity contribution in [1.82, 2.24) is 9.88 Å². The molecule has 1 aromatic rings. The number of fused-ring (bicyclic) bond motifs is 1. The number of aryl methyl sites for hydroxylation is 1. The summed E-state index contributed by atoms with van der Waals surface area (Å²) in [6, 6.07) is -0.598. The molecular formula is C13H13N3O3S2. The molecule has 1 saturated heterocycles. The van der Waals surface area contributed by atoms with Crippen molar-refractivity contribution < 1.29 is 14.7 Å². The Hall–Kier alpha value is -1.64. The maximum Gasteiger partial charge on any atom is 0.352 e. The highest BCUT2D eigenvalue weighted by atomic mass is 32.2. The minimum Gasteiger partial charge on any atom is -0.477 e. The van der Waals surface area contributed by atoms with Crippen molar-refractivity contribution in [3.63, 3.8) is 0 Å². The normalized spacial score (nSPS) is 25.2. The minimum atomic E-state index is -1.10. The molecule has 21 heavy (non-hydrogen) atoms. The number of β-lactam (4-membered cyclic amide) rings is 1. The van der Waals surface area contributed by atoms with E-state index in [4.69, 9.17) is 5.73 Å². The third kappa shape index (κ3) is 2.29. The number of hydrogen-bond acceptors (Lipinski definition) is 6. The third-order valence-corrected chi connectivity index (χ3v) is 5.68. The molecule has 0 aromatic carbocycles. The highest BCUT2D eigenvalue weighted by molar-refractivity contribution is 8.00. The summed E-state index contributed by atoms with van der Waals surface area (Å²) in [5.41, 5.74) is 9.01. The number of carboxylic acids is 1. The van der Waals surface area contributed by atoms with E-state index >= 15 is 0 Å². The molecule has 0 aliphatic carbocycles. The molecule has 3 N–H and O–H groups in total. The number of nitrogens with zero attached hydrogens (tertiary/aromatic N) is 2. The summed E-state index contributed by atoms with van der Waals surface area (Å²) in [7, 11) is 0. The van der Waals surface area contributed by atoms with Gasteiger partial charge in [-0.1, -0.05) is 6.08 Å².